The number of nitrogens with zero attached hydrogens (tertiary/aromatic N) is 1. The number of rotatable bonds is 3. The molecule has 2 nitrogen and oxygen atoms in total. The molecule has 2 heterocycles. The summed E-state index contributed by atoms with van der Waals surface area (Å²) in [7, 11) is 0. The van der Waals surface area contributed by atoms with E-state index in [0.29, 0.717) is 5.56 Å². The SMILES string of the molecule is [2H]c1c([2H])c([2H])c2c(c1[2H])Oc1c([2H])c([2H])c(-c3c([2H])c([2H])c(-c4ccc5c(c4)c4ccc6ccccc6c4n5-c4ccccc4)c([2H])c3[2H])c3c([2H])c([2H])c([2H])c-2c13. The molecule has 9 aromatic rings. The highest BCUT2D eigenvalue weighted by molar-refractivity contribution is 6.19. The van der Waals surface area contributed by atoms with Gasteiger partial charge in [0.25, 0.3) is 0 Å². The van der Waals surface area contributed by atoms with Crippen molar-refractivity contribution in [2.75, 3.05) is 0 Å². The van der Waals surface area contributed by atoms with Crippen LogP contribution in [0.25, 0.3) is 82.4 Å². The second kappa shape index (κ2) is 9.69. The molecule has 10 rings (SSSR count). The topological polar surface area (TPSA) is 14.2 Å². The molecule has 1 aliphatic heterocycles. The lowest BCUT2D eigenvalue weighted by atomic mass is 9.90. The molecule has 214 valence electrons. The zero-order valence-electron chi connectivity index (χ0n) is 36.9. The summed E-state index contributed by atoms with van der Waals surface area (Å²) in [4.78, 5) is 0. The molecule has 0 radical (unpaired) electrons. The van der Waals surface area contributed by atoms with Crippen LogP contribution in [-0.2, 0) is 0 Å². The van der Waals surface area contributed by atoms with E-state index >= 15 is 0 Å². The summed E-state index contributed by atoms with van der Waals surface area (Å²) >= 11 is 0. The van der Waals surface area contributed by atoms with Gasteiger partial charge in [0.2, 0.25) is 0 Å². The highest BCUT2D eigenvalue weighted by Gasteiger charge is 2.21. The maximum atomic E-state index is 9.35. The van der Waals surface area contributed by atoms with Crippen molar-refractivity contribution in [2.45, 2.75) is 0 Å². The van der Waals surface area contributed by atoms with Gasteiger partial charge in [-0.3, -0.25) is 0 Å². The fourth-order valence-electron chi connectivity index (χ4n) is 6.54. The molecule has 0 N–H and O–H groups in total. The predicted molar refractivity (Wildman–Crippen MR) is 192 cm³/mol. The molecule has 0 fully saturated rings. The highest BCUT2D eigenvalue weighted by atomic mass is 16.5. The third kappa shape index (κ3) is 3.65. The number of hydrogen-bond donors (Lipinski definition) is 0. The Morgan fingerprint density at radius 3 is 2.20 bits per heavy atom. The molecule has 0 bridgehead atoms. The van der Waals surface area contributed by atoms with E-state index in [9.17, 15) is 6.85 Å². The van der Waals surface area contributed by atoms with Crippen LogP contribution in [0, 0.1) is 0 Å². The zero-order chi connectivity index (χ0) is 41.5. The van der Waals surface area contributed by atoms with Crippen LogP contribution >= 0.6 is 0 Å². The van der Waals surface area contributed by atoms with Crippen molar-refractivity contribution < 1.29 is 22.6 Å². The Balaban J connectivity index is 1.25. The lowest BCUT2D eigenvalue weighted by Gasteiger charge is -2.22. The van der Waals surface area contributed by atoms with Crippen LogP contribution in [0.15, 0.2) is 163 Å². The van der Waals surface area contributed by atoms with Gasteiger partial charge in [-0.05, 0) is 74.9 Å². The van der Waals surface area contributed by atoms with Gasteiger partial charge in [-0.1, -0.05) is 127 Å². The highest BCUT2D eigenvalue weighted by Crippen LogP contribution is 2.48. The minimum Gasteiger partial charge on any atom is -0.456 e. The number of fused-ring (bicyclic) bond motifs is 7. The van der Waals surface area contributed by atoms with Gasteiger partial charge in [-0.15, -0.1) is 0 Å². The van der Waals surface area contributed by atoms with Crippen LogP contribution in [0.3, 0.4) is 0 Å². The molecule has 0 aliphatic carbocycles. The summed E-state index contributed by atoms with van der Waals surface area (Å²) in [6, 6.07) is 19.9. The third-order valence-corrected chi connectivity index (χ3v) is 8.59. The van der Waals surface area contributed by atoms with Crippen molar-refractivity contribution in [3.63, 3.8) is 0 Å². The lowest BCUT2D eigenvalue weighted by Crippen LogP contribution is -1.97. The number of hydrogen-bond acceptors (Lipinski definition) is 1. The van der Waals surface area contributed by atoms with Crippen LogP contribution in [0.2, 0.25) is 0 Å². The second-order valence-electron chi connectivity index (χ2n) is 11.1. The summed E-state index contributed by atoms with van der Waals surface area (Å²) in [5.41, 5.74) is 1.90. The van der Waals surface area contributed by atoms with Gasteiger partial charge in [0.15, 0.2) is 0 Å². The molecule has 8 aromatic carbocycles. The molecule has 2 heteroatoms. The van der Waals surface area contributed by atoms with Crippen LogP contribution in [0.4, 0.5) is 0 Å². The van der Waals surface area contributed by atoms with Crippen molar-refractivity contribution in [1.29, 1.82) is 0 Å². The van der Waals surface area contributed by atoms with Gasteiger partial charge in [0, 0.05) is 32.8 Å². The lowest BCUT2D eigenvalue weighted by molar-refractivity contribution is 0.487. The van der Waals surface area contributed by atoms with Crippen LogP contribution < -0.4 is 4.74 Å². The second-order valence-corrected chi connectivity index (χ2v) is 11.1. The average Bonchev–Trinajstić information content (AvgIpc) is 3.58. The van der Waals surface area contributed by atoms with E-state index in [1.807, 2.05) is 72.8 Å². The standard InChI is InChI=1S/C44H27NO/c1-2-10-32(11-3-1)45-40-25-22-31(27-39(40)38-23-21-29-9-4-5-12-34(29)44(38)45)28-17-19-30(20-18-28)33-24-26-42-43-36(33)14-8-15-37(43)35-13-6-7-16-41(35)46-42/h1-27H/i6D,7D,8D,13D,14D,15D,16D,17D,18D,19D,20D,24D,26D. The Kier molecular flexibility index (Phi) is 3.32. The molecule has 1 aliphatic rings. The molecule has 0 unspecified atom stereocenters. The van der Waals surface area contributed by atoms with Crippen LogP contribution in [0.5, 0.6) is 11.5 Å². The molecule has 0 atom stereocenters. The number of benzene rings is 8. The van der Waals surface area contributed by atoms with E-state index in [1.165, 1.54) is 0 Å². The van der Waals surface area contributed by atoms with E-state index in [-0.39, 0.29) is 38.8 Å². The smallest absolute Gasteiger partial charge is 0.135 e. The van der Waals surface area contributed by atoms with Crippen molar-refractivity contribution in [2.24, 2.45) is 0 Å². The van der Waals surface area contributed by atoms with Crippen molar-refractivity contribution >= 4 is 43.4 Å². The monoisotopic (exact) mass is 598 g/mol. The normalized spacial score (nSPS) is 16.0. The van der Waals surface area contributed by atoms with E-state index in [1.54, 1.807) is 6.07 Å². The summed E-state index contributed by atoms with van der Waals surface area (Å²) in [6.07, 6.45) is 0. The van der Waals surface area contributed by atoms with Crippen molar-refractivity contribution in [3.8, 4) is 50.6 Å². The van der Waals surface area contributed by atoms with Crippen molar-refractivity contribution in [1.82, 2.24) is 4.57 Å². The Hall–Kier alpha value is -6.12. The first kappa shape index (κ1) is 15.7. The first-order valence-electron chi connectivity index (χ1n) is 21.2. The van der Waals surface area contributed by atoms with E-state index < -0.39 is 89.9 Å². The maximum Gasteiger partial charge on any atom is 0.135 e. The first-order chi connectivity index (χ1) is 28.2. The summed E-state index contributed by atoms with van der Waals surface area (Å²) in [5, 5.41) is 3.36. The molecule has 46 heavy (non-hydrogen) atoms. The van der Waals surface area contributed by atoms with Gasteiger partial charge in [0.1, 0.15) is 11.5 Å². The zero-order valence-corrected chi connectivity index (χ0v) is 23.9. The summed E-state index contributed by atoms with van der Waals surface area (Å²) in [6.45, 7) is 0. The average molecular weight is 599 g/mol. The maximum absolute atomic E-state index is 9.35. The van der Waals surface area contributed by atoms with Crippen molar-refractivity contribution in [3.05, 3.63) is 163 Å². The Morgan fingerprint density at radius 1 is 0.478 bits per heavy atom. The van der Waals surface area contributed by atoms with Crippen LogP contribution in [-0.4, -0.2) is 4.57 Å². The number of para-hydroxylation sites is 2. The van der Waals surface area contributed by atoms with E-state index in [0.717, 1.165) is 38.3 Å². The van der Waals surface area contributed by atoms with Crippen LogP contribution in [0.1, 0.15) is 17.8 Å². The molecular weight excluding hydrogens is 558 g/mol. The quantitative estimate of drug-likeness (QED) is 0.197. The van der Waals surface area contributed by atoms with Gasteiger partial charge >= 0.3 is 0 Å². The van der Waals surface area contributed by atoms with Gasteiger partial charge < -0.3 is 9.30 Å². The third-order valence-electron chi connectivity index (χ3n) is 8.59. The fraction of sp³-hybridized carbons (Fsp3) is 0. The number of ether oxygens (including phenoxy) is 1. The predicted octanol–water partition coefficient (Wildman–Crippen LogP) is 12.2. The Morgan fingerprint density at radius 2 is 1.28 bits per heavy atom. The first-order valence-corrected chi connectivity index (χ1v) is 14.7. The minimum atomic E-state index is -0.667. The number of aromatic nitrogens is 1. The van der Waals surface area contributed by atoms with Gasteiger partial charge in [-0.25, -0.2) is 0 Å². The fourth-order valence-corrected chi connectivity index (χ4v) is 6.54. The molecule has 0 saturated carbocycles. The summed E-state index contributed by atoms with van der Waals surface area (Å²) < 4.78 is 124. The largest absolute Gasteiger partial charge is 0.456 e. The Labute approximate surface area is 284 Å². The minimum absolute atomic E-state index is 0.0126. The molecular formula is C44H27NO. The molecule has 0 amide bonds. The van der Waals surface area contributed by atoms with Gasteiger partial charge in [-0.2, -0.15) is 0 Å². The molecule has 1 aromatic heterocycles. The van der Waals surface area contributed by atoms with E-state index in [4.69, 9.17) is 15.7 Å². The summed E-state index contributed by atoms with van der Waals surface area (Å²) in [5.74, 6) is -0.785. The molecule has 0 spiro atoms. The molecule has 0 saturated heterocycles. The Bertz CT molecular complexity index is 3370. The van der Waals surface area contributed by atoms with Gasteiger partial charge in [0.05, 0.1) is 28.9 Å². The van der Waals surface area contributed by atoms with E-state index in [2.05, 4.69) is 10.6 Å².